The Morgan fingerprint density at radius 1 is 0.880 bits per heavy atom. The summed E-state index contributed by atoms with van der Waals surface area (Å²) in [6.45, 7) is 12.5. The molecule has 144 valence electrons. The summed E-state index contributed by atoms with van der Waals surface area (Å²) >= 11 is 0. The maximum absolute atomic E-state index is 3.86. The zero-order valence-corrected chi connectivity index (χ0v) is 17.6. The van der Waals surface area contributed by atoms with E-state index >= 15 is 0 Å². The Morgan fingerprint density at radius 2 is 1.60 bits per heavy atom. The summed E-state index contributed by atoms with van der Waals surface area (Å²) in [7, 11) is 0. The molecule has 0 aromatic carbocycles. The minimum absolute atomic E-state index is 0.644. The average molecular weight is 346 g/mol. The average Bonchev–Trinajstić information content (AvgIpc) is 2.91. The molecule has 25 heavy (non-hydrogen) atoms. The monoisotopic (exact) mass is 345 g/mol. The van der Waals surface area contributed by atoms with Crippen LogP contribution in [-0.2, 0) is 0 Å². The van der Waals surface area contributed by atoms with E-state index in [4.69, 9.17) is 0 Å². The van der Waals surface area contributed by atoms with Gasteiger partial charge in [0.1, 0.15) is 0 Å². The smallest absolute Gasteiger partial charge is 0.00724 e. The third-order valence-electron chi connectivity index (χ3n) is 9.92. The van der Waals surface area contributed by atoms with Gasteiger partial charge >= 0.3 is 0 Å². The van der Waals surface area contributed by atoms with E-state index in [0.29, 0.717) is 16.9 Å². The van der Waals surface area contributed by atoms with Crippen molar-refractivity contribution in [1.29, 1.82) is 0 Å². The van der Waals surface area contributed by atoms with Gasteiger partial charge in [0.05, 0.1) is 0 Å². The van der Waals surface area contributed by atoms with E-state index in [1.165, 1.54) is 44.9 Å². The molecule has 1 nitrogen and oxygen atoms in total. The SMILES string of the molecule is CC[C@H]1CCC2C3CCC4C[C@@H](NC(C)C)CC[C@]4(C)C3CC[C@@]21C. The molecule has 1 heteroatoms. The molecule has 0 saturated heterocycles. The Kier molecular flexibility index (Phi) is 4.79. The van der Waals surface area contributed by atoms with Gasteiger partial charge in [0.25, 0.3) is 0 Å². The van der Waals surface area contributed by atoms with E-state index < -0.39 is 0 Å². The molecule has 1 N–H and O–H groups in total. The molecule has 4 aliphatic carbocycles. The zero-order valence-electron chi connectivity index (χ0n) is 17.6. The summed E-state index contributed by atoms with van der Waals surface area (Å²) in [5.41, 5.74) is 1.35. The van der Waals surface area contributed by atoms with Crippen molar-refractivity contribution in [3.05, 3.63) is 0 Å². The highest BCUT2D eigenvalue weighted by Crippen LogP contribution is 2.67. The van der Waals surface area contributed by atoms with Crippen molar-refractivity contribution in [2.24, 2.45) is 40.4 Å². The highest BCUT2D eigenvalue weighted by Gasteiger charge is 2.59. The minimum Gasteiger partial charge on any atom is -0.312 e. The molecule has 4 fully saturated rings. The third kappa shape index (κ3) is 2.82. The Balaban J connectivity index is 1.52. The fourth-order valence-electron chi connectivity index (χ4n) is 8.66. The third-order valence-corrected chi connectivity index (χ3v) is 9.92. The van der Waals surface area contributed by atoms with Crippen LogP contribution in [0, 0.1) is 40.4 Å². The normalized spacial score (nSPS) is 52.6. The van der Waals surface area contributed by atoms with E-state index in [1.807, 2.05) is 0 Å². The Morgan fingerprint density at radius 3 is 2.32 bits per heavy atom. The number of rotatable bonds is 3. The molecule has 0 aromatic heterocycles. The van der Waals surface area contributed by atoms with E-state index in [1.54, 1.807) is 19.3 Å². The predicted molar refractivity (Wildman–Crippen MR) is 108 cm³/mol. The number of hydrogen-bond acceptors (Lipinski definition) is 1. The second-order valence-electron chi connectivity index (χ2n) is 11.2. The van der Waals surface area contributed by atoms with Gasteiger partial charge in [-0.05, 0) is 98.2 Å². The maximum atomic E-state index is 3.86. The van der Waals surface area contributed by atoms with Gasteiger partial charge in [0.15, 0.2) is 0 Å². The Hall–Kier alpha value is -0.0400. The van der Waals surface area contributed by atoms with Gasteiger partial charge in [-0.3, -0.25) is 0 Å². The summed E-state index contributed by atoms with van der Waals surface area (Å²) < 4.78 is 0. The number of hydrogen-bond donors (Lipinski definition) is 1. The lowest BCUT2D eigenvalue weighted by atomic mass is 9.44. The lowest BCUT2D eigenvalue weighted by Crippen LogP contribution is -2.55. The van der Waals surface area contributed by atoms with Crippen molar-refractivity contribution >= 4 is 0 Å². The topological polar surface area (TPSA) is 12.0 Å². The molecule has 0 aliphatic heterocycles. The van der Waals surface area contributed by atoms with Crippen molar-refractivity contribution in [2.75, 3.05) is 0 Å². The van der Waals surface area contributed by atoms with Crippen molar-refractivity contribution < 1.29 is 0 Å². The molecule has 4 saturated carbocycles. The maximum Gasteiger partial charge on any atom is 0.00724 e. The van der Waals surface area contributed by atoms with Gasteiger partial charge in [-0.2, -0.15) is 0 Å². The van der Waals surface area contributed by atoms with E-state index in [0.717, 1.165) is 35.6 Å². The van der Waals surface area contributed by atoms with Crippen LogP contribution >= 0.6 is 0 Å². The van der Waals surface area contributed by atoms with Crippen LogP contribution in [0.5, 0.6) is 0 Å². The minimum atomic E-state index is 0.644. The van der Waals surface area contributed by atoms with Gasteiger partial charge < -0.3 is 5.32 Å². The molecule has 0 bridgehead atoms. The summed E-state index contributed by atoms with van der Waals surface area (Å²) in [5.74, 6) is 5.17. The van der Waals surface area contributed by atoms with Gasteiger partial charge in [-0.25, -0.2) is 0 Å². The molecule has 0 amide bonds. The van der Waals surface area contributed by atoms with E-state index in [9.17, 15) is 0 Å². The summed E-state index contributed by atoms with van der Waals surface area (Å²) in [6.07, 6.45) is 15.0. The summed E-state index contributed by atoms with van der Waals surface area (Å²) in [4.78, 5) is 0. The number of fused-ring (bicyclic) bond motifs is 5. The van der Waals surface area contributed by atoms with Crippen LogP contribution in [0.3, 0.4) is 0 Å². The molecular weight excluding hydrogens is 302 g/mol. The van der Waals surface area contributed by atoms with Gasteiger partial charge in [-0.1, -0.05) is 41.0 Å². The first-order valence-corrected chi connectivity index (χ1v) is 11.6. The summed E-state index contributed by atoms with van der Waals surface area (Å²) in [6, 6.07) is 1.44. The van der Waals surface area contributed by atoms with E-state index in [2.05, 4.69) is 39.9 Å². The standard InChI is InChI=1S/C24H43N/c1-6-17-8-10-21-20-9-7-18-15-19(25-16(2)3)11-13-24(18,5)22(20)12-14-23(17,21)4/h16-22,25H,6-15H2,1-5H3/t17-,18?,19-,20?,21?,22?,23+,24-/m0/s1. The highest BCUT2D eigenvalue weighted by atomic mass is 14.9. The van der Waals surface area contributed by atoms with Crippen molar-refractivity contribution in [3.63, 3.8) is 0 Å². The van der Waals surface area contributed by atoms with Crippen LogP contribution in [0.15, 0.2) is 0 Å². The fraction of sp³-hybridized carbons (Fsp3) is 1.00. The van der Waals surface area contributed by atoms with Gasteiger partial charge in [-0.15, -0.1) is 0 Å². The van der Waals surface area contributed by atoms with Crippen LogP contribution in [0.2, 0.25) is 0 Å². The second kappa shape index (κ2) is 6.54. The molecule has 4 aliphatic rings. The molecule has 8 atom stereocenters. The van der Waals surface area contributed by atoms with Crippen LogP contribution in [0.4, 0.5) is 0 Å². The second-order valence-corrected chi connectivity index (χ2v) is 11.2. The van der Waals surface area contributed by atoms with Crippen LogP contribution < -0.4 is 5.32 Å². The van der Waals surface area contributed by atoms with Gasteiger partial charge in [0.2, 0.25) is 0 Å². The Bertz CT molecular complexity index is 484. The molecule has 0 radical (unpaired) electrons. The molecule has 4 unspecified atom stereocenters. The first-order valence-electron chi connectivity index (χ1n) is 11.6. The zero-order chi connectivity index (χ0) is 17.8. The van der Waals surface area contributed by atoms with Crippen molar-refractivity contribution in [2.45, 2.75) is 111 Å². The molecule has 0 aromatic rings. The first-order chi connectivity index (χ1) is 11.9. The first kappa shape index (κ1) is 18.3. The van der Waals surface area contributed by atoms with Crippen molar-refractivity contribution in [3.8, 4) is 0 Å². The van der Waals surface area contributed by atoms with E-state index in [-0.39, 0.29) is 0 Å². The predicted octanol–water partition coefficient (Wildman–Crippen LogP) is 6.42. The highest BCUT2D eigenvalue weighted by molar-refractivity contribution is 5.09. The quantitative estimate of drug-likeness (QED) is 0.622. The van der Waals surface area contributed by atoms with Crippen LogP contribution in [0.25, 0.3) is 0 Å². The van der Waals surface area contributed by atoms with Crippen LogP contribution in [-0.4, -0.2) is 12.1 Å². The number of nitrogens with one attached hydrogen (secondary N) is 1. The summed E-state index contributed by atoms with van der Waals surface area (Å²) in [5, 5.41) is 3.86. The molecule has 0 heterocycles. The fourth-order valence-corrected chi connectivity index (χ4v) is 8.66. The largest absolute Gasteiger partial charge is 0.312 e. The Labute approximate surface area is 157 Å². The molecular formula is C24H43N. The molecule has 0 spiro atoms. The lowest BCUT2D eigenvalue weighted by molar-refractivity contribution is -0.115. The lowest BCUT2D eigenvalue weighted by Gasteiger charge is -2.61. The van der Waals surface area contributed by atoms with Crippen molar-refractivity contribution in [1.82, 2.24) is 5.32 Å². The van der Waals surface area contributed by atoms with Crippen LogP contribution in [0.1, 0.15) is 98.8 Å². The van der Waals surface area contributed by atoms with Gasteiger partial charge in [0, 0.05) is 12.1 Å². The molecule has 4 rings (SSSR count).